The maximum atomic E-state index is 12.1. The van der Waals surface area contributed by atoms with Gasteiger partial charge in [0.1, 0.15) is 12.2 Å². The molecule has 0 aliphatic rings. The quantitative estimate of drug-likeness (QED) is 0.0943. The molecule has 2 atom stereocenters. The minimum atomic E-state index is -4.24. The number of ether oxygens (including phenoxy) is 2. The molecule has 0 saturated carbocycles. The number of nitrogens with two attached hydrogens (primary N) is 1. The van der Waals surface area contributed by atoms with Crippen LogP contribution >= 0.6 is 7.60 Å². The Balaban J connectivity index is 0.0000144. The molecule has 1 aromatic rings. The monoisotopic (exact) mass is 583 g/mol. The molecule has 0 amide bonds. The number of aliphatic hydroxyl groups is 1. The molecule has 1 unspecified atom stereocenters. The number of nitrogen functional groups attached to an aromatic ring is 1. The molecule has 0 aromatic carbocycles. The van der Waals surface area contributed by atoms with Crippen molar-refractivity contribution in [3.63, 3.8) is 0 Å². The second kappa shape index (κ2) is 25.4. The summed E-state index contributed by atoms with van der Waals surface area (Å²) >= 11 is 0. The van der Waals surface area contributed by atoms with Crippen molar-refractivity contribution in [2.75, 3.05) is 38.5 Å². The molecular formula is C27H51N3NaO7P. The Morgan fingerprint density at radius 2 is 1.49 bits per heavy atom. The Morgan fingerprint density at radius 1 is 0.949 bits per heavy atom. The van der Waals surface area contributed by atoms with Crippen molar-refractivity contribution in [3.05, 3.63) is 22.7 Å². The van der Waals surface area contributed by atoms with Crippen LogP contribution in [0.5, 0.6) is 0 Å². The molecule has 0 saturated heterocycles. The number of aromatic nitrogens is 2. The third-order valence-electron chi connectivity index (χ3n) is 6.33. The summed E-state index contributed by atoms with van der Waals surface area (Å²) in [6.45, 7) is 2.85. The Hall–Kier alpha value is -0.290. The first-order chi connectivity index (χ1) is 18.4. The summed E-state index contributed by atoms with van der Waals surface area (Å²) in [6.07, 6.45) is 18.7. The largest absolute Gasteiger partial charge is 1.00 e. The fourth-order valence-corrected chi connectivity index (χ4v) is 4.94. The second-order valence-corrected chi connectivity index (χ2v) is 11.6. The first kappa shape index (κ1) is 38.7. The van der Waals surface area contributed by atoms with E-state index in [9.17, 15) is 19.4 Å². The Morgan fingerprint density at radius 3 is 2.03 bits per heavy atom. The van der Waals surface area contributed by atoms with Crippen LogP contribution in [-0.2, 0) is 25.1 Å². The van der Waals surface area contributed by atoms with Crippen LogP contribution in [-0.4, -0.2) is 53.5 Å². The van der Waals surface area contributed by atoms with Gasteiger partial charge in [-0.05, 0) is 18.9 Å². The summed E-state index contributed by atoms with van der Waals surface area (Å²) in [5, 5.41) is 9.44. The minimum Gasteiger partial charge on any atom is -0.777 e. The number of anilines is 1. The van der Waals surface area contributed by atoms with Gasteiger partial charge in [-0.15, -0.1) is 0 Å². The predicted molar refractivity (Wildman–Crippen MR) is 149 cm³/mol. The van der Waals surface area contributed by atoms with Crippen LogP contribution in [0.15, 0.2) is 17.1 Å². The molecule has 0 radical (unpaired) electrons. The first-order valence-corrected chi connectivity index (χ1v) is 16.2. The minimum absolute atomic E-state index is 0. The van der Waals surface area contributed by atoms with E-state index in [2.05, 4.69) is 11.9 Å². The van der Waals surface area contributed by atoms with Crippen molar-refractivity contribution in [2.45, 2.75) is 116 Å². The molecular weight excluding hydrogens is 532 g/mol. The van der Waals surface area contributed by atoms with Crippen molar-refractivity contribution in [2.24, 2.45) is 0 Å². The van der Waals surface area contributed by atoms with E-state index in [-0.39, 0.29) is 48.5 Å². The Bertz CT molecular complexity index is 816. The summed E-state index contributed by atoms with van der Waals surface area (Å²) in [5.74, 6) is 0.0775. The molecule has 0 spiro atoms. The molecule has 0 aliphatic carbocycles. The zero-order chi connectivity index (χ0) is 27.9. The van der Waals surface area contributed by atoms with E-state index in [1.54, 1.807) is 0 Å². The van der Waals surface area contributed by atoms with E-state index in [0.29, 0.717) is 19.6 Å². The van der Waals surface area contributed by atoms with Crippen molar-refractivity contribution < 1.29 is 58.1 Å². The number of nitrogens with zero attached hydrogens (tertiary/aromatic N) is 2. The van der Waals surface area contributed by atoms with Gasteiger partial charge in [-0.1, -0.05) is 90.4 Å². The van der Waals surface area contributed by atoms with E-state index in [1.165, 1.54) is 93.9 Å². The Kier molecular flexibility index (Phi) is 25.2. The van der Waals surface area contributed by atoms with Gasteiger partial charge in [0, 0.05) is 19.4 Å². The normalized spacial score (nSPS) is 13.6. The van der Waals surface area contributed by atoms with Gasteiger partial charge < -0.3 is 34.3 Å². The van der Waals surface area contributed by atoms with E-state index in [1.807, 2.05) is 0 Å². The predicted octanol–water partition coefficient (Wildman–Crippen LogP) is 1.62. The maximum Gasteiger partial charge on any atom is 1.00 e. The zero-order valence-electron chi connectivity index (χ0n) is 24.4. The van der Waals surface area contributed by atoms with Crippen LogP contribution < -0.4 is 45.9 Å². The van der Waals surface area contributed by atoms with Gasteiger partial charge in [0.2, 0.25) is 0 Å². The van der Waals surface area contributed by atoms with E-state index >= 15 is 0 Å². The molecule has 1 rings (SSSR count). The number of hydrogen-bond donors (Lipinski definition) is 2. The third-order valence-corrected chi connectivity index (χ3v) is 7.37. The van der Waals surface area contributed by atoms with Crippen molar-refractivity contribution in [3.8, 4) is 0 Å². The molecule has 3 N–H and O–H groups in total. The molecule has 0 bridgehead atoms. The average Bonchev–Trinajstić information content (AvgIpc) is 2.89. The van der Waals surface area contributed by atoms with Crippen LogP contribution in [0.25, 0.3) is 0 Å². The van der Waals surface area contributed by atoms with Crippen molar-refractivity contribution >= 4 is 13.4 Å². The molecule has 0 fully saturated rings. The number of rotatable bonds is 26. The molecule has 39 heavy (non-hydrogen) atoms. The first-order valence-electron chi connectivity index (χ1n) is 14.5. The van der Waals surface area contributed by atoms with E-state index < -0.39 is 32.3 Å². The van der Waals surface area contributed by atoms with Crippen molar-refractivity contribution in [1.29, 1.82) is 0 Å². The summed E-state index contributed by atoms with van der Waals surface area (Å²) in [4.78, 5) is 27.4. The van der Waals surface area contributed by atoms with Crippen LogP contribution in [0, 0.1) is 0 Å². The van der Waals surface area contributed by atoms with Gasteiger partial charge in [0.15, 0.2) is 7.60 Å². The molecule has 10 nitrogen and oxygen atoms in total. The number of aliphatic hydroxyl groups excluding tert-OH is 1. The molecule has 0 aliphatic heterocycles. The zero-order valence-corrected chi connectivity index (χ0v) is 27.3. The molecule has 222 valence electrons. The van der Waals surface area contributed by atoms with Crippen LogP contribution in [0.2, 0.25) is 0 Å². The SMILES string of the molecule is CCCCCCCCCCCCCCCCOCCCOP(=O)([O-])CO[C@H](CO)Cn1ccc(N)nc1=O.[Na+]. The molecule has 12 heteroatoms. The van der Waals surface area contributed by atoms with Gasteiger partial charge in [-0.3, -0.25) is 4.57 Å². The second-order valence-electron chi connectivity index (χ2n) is 9.89. The smallest absolute Gasteiger partial charge is 0.777 e. The summed E-state index contributed by atoms with van der Waals surface area (Å²) in [6, 6.07) is 1.43. The molecule has 1 aromatic heterocycles. The van der Waals surface area contributed by atoms with Gasteiger partial charge in [0.05, 0.1) is 25.9 Å². The summed E-state index contributed by atoms with van der Waals surface area (Å²) in [5.41, 5.74) is 4.83. The maximum absolute atomic E-state index is 12.1. The van der Waals surface area contributed by atoms with E-state index in [0.717, 1.165) is 12.8 Å². The third kappa shape index (κ3) is 22.0. The van der Waals surface area contributed by atoms with Crippen LogP contribution in [0.4, 0.5) is 5.82 Å². The van der Waals surface area contributed by atoms with Crippen molar-refractivity contribution in [1.82, 2.24) is 9.55 Å². The fourth-order valence-electron chi connectivity index (χ4n) is 4.06. The Labute approximate surface area is 257 Å². The van der Waals surface area contributed by atoms with Crippen LogP contribution in [0.3, 0.4) is 0 Å². The summed E-state index contributed by atoms with van der Waals surface area (Å²) < 4.78 is 29.0. The molecule has 1 heterocycles. The topological polar surface area (TPSA) is 149 Å². The van der Waals surface area contributed by atoms with Gasteiger partial charge >= 0.3 is 35.2 Å². The number of unbranched alkanes of at least 4 members (excludes halogenated alkanes) is 13. The van der Waals surface area contributed by atoms with Gasteiger partial charge in [-0.2, -0.15) is 4.98 Å². The standard InChI is InChI=1S/C27H52N3O7P.Na/c1-2-3-4-5-6-7-8-9-10-11-12-13-14-15-19-35-20-16-21-37-38(33,34)24-36-25(23-31)22-30-18-17-26(28)29-27(30)32;/h17-18,25,31H,2-16,19-24H2,1H3,(H,33,34)(H2,28,29,32);/q;+1/p-1/t25-;/m0./s1. The van der Waals surface area contributed by atoms with Gasteiger partial charge in [0.25, 0.3) is 0 Å². The summed E-state index contributed by atoms with van der Waals surface area (Å²) in [7, 11) is -4.24. The van der Waals surface area contributed by atoms with Crippen LogP contribution in [0.1, 0.15) is 103 Å². The fraction of sp³-hybridized carbons (Fsp3) is 0.852. The average molecular weight is 584 g/mol. The van der Waals surface area contributed by atoms with Gasteiger partial charge in [-0.25, -0.2) is 4.79 Å². The number of hydrogen-bond acceptors (Lipinski definition) is 9. The van der Waals surface area contributed by atoms with E-state index in [4.69, 9.17) is 19.7 Å².